The second kappa shape index (κ2) is 98.9. The van der Waals surface area contributed by atoms with Gasteiger partial charge < -0.3 is 28.5 Å². The van der Waals surface area contributed by atoms with E-state index in [1.807, 2.05) is 412 Å². The van der Waals surface area contributed by atoms with E-state index in [-0.39, 0.29) is 35.3 Å². The zero-order valence-corrected chi connectivity index (χ0v) is 127. The Morgan fingerprint density at radius 2 is 0.474 bits per heavy atom. The third kappa shape index (κ3) is 71.6. The number of esters is 1. The van der Waals surface area contributed by atoms with Crippen molar-refractivity contribution in [2.75, 3.05) is 7.11 Å². The molecule has 0 saturated carbocycles. The standard InChI is InChI=1S/C23H17ClFNO3.C22H15ClFNO3.S59.S19/c1-28-23(27)21-22(29-18-5-3-2-4-6-18)19-13-16(24)9-12-20(19)26(21)14-15-7-10-17(25)11-8-15;23-15-8-11-19-18(12-15)21(28-17-4-2-1-3-5-17)20(22(26)27)25(19)13-14-6-9-16(24)10-7-14;1-3-5-7-9-11-13-15-17-19-21-23-25-27-29-31-33-35-37-39-41-43-45-47-49-51-53-55-57-59-58-56-54-52-50-48-46-44-42-40-38-36-34-32-30-28-26-24-22-20-18-16-14-12-10-8-6-4-2;1-3-5-7-9-11-13-15-17-19-18-16-14-12-10-8-6-4-2/h2-13H,14H2,1H3;1-12H,13H2,(H,26,27);;. The summed E-state index contributed by atoms with van der Waals surface area (Å²) in [5, 5.41) is 12.2. The Kier molecular flexibility index (Phi) is 99.6. The number of aromatic nitrogens is 2. The van der Waals surface area contributed by atoms with Crippen molar-refractivity contribution < 1.29 is 37.7 Å². The molecule has 0 saturated heterocycles. The molecule has 8 nitrogen and oxygen atoms in total. The minimum absolute atomic E-state index is 0.00504. The number of hydrogen-bond acceptors (Lipinski definition) is 9. The minimum Gasteiger partial charge on any atom is -0.476 e. The predicted octanol–water partition coefficient (Wildman–Crippen LogP) is 11.8. The van der Waals surface area contributed by atoms with Crippen LogP contribution in [-0.2, 0) is 720 Å². The number of para-hydroxylation sites is 2. The summed E-state index contributed by atoms with van der Waals surface area (Å²) in [7, 11) is 133. The summed E-state index contributed by atoms with van der Waals surface area (Å²) in [6.07, 6.45) is 0. The molecule has 135 heavy (non-hydrogen) atoms. The highest BCUT2D eigenvalue weighted by atomic mass is 35.5. The predicted molar refractivity (Wildman–Crippen MR) is 791 cm³/mol. The van der Waals surface area contributed by atoms with E-state index in [1.165, 1.54) is 66.9 Å². The fraction of sp³-hybridized carbons (Fsp3) is 0.0667. The molecule has 0 spiro atoms. The number of fused-ring (bicyclic) bond motifs is 2. The lowest BCUT2D eigenvalue weighted by atomic mass is 10.2. The van der Waals surface area contributed by atoms with Crippen molar-refractivity contribution in [3.05, 3.63) is 190 Å². The number of methoxy groups -OCH3 is 1. The van der Waals surface area contributed by atoms with Crippen LogP contribution in [0, 0.1) is 11.6 Å². The van der Waals surface area contributed by atoms with E-state index in [0.29, 0.717) is 50.1 Å². The molecule has 0 aliphatic heterocycles. The van der Waals surface area contributed by atoms with Crippen molar-refractivity contribution in [1.82, 2.24) is 9.13 Å². The van der Waals surface area contributed by atoms with Gasteiger partial charge >= 0.3 is 11.9 Å². The molecule has 0 unspecified atom stereocenters. The fourth-order valence-electron chi connectivity index (χ4n) is 7.19. The first-order valence-corrected chi connectivity index (χ1v) is 132. The summed E-state index contributed by atoms with van der Waals surface area (Å²) in [5.74, 6) is -0.644. The molecule has 0 aliphatic carbocycles. The van der Waals surface area contributed by atoms with Gasteiger partial charge in [-0.1, -0.05) is 83.9 Å². The Labute approximate surface area is 1010 Å². The molecule has 8 rings (SSSR count). The monoisotopic (exact) mass is 3300 g/mol. The van der Waals surface area contributed by atoms with Crippen molar-refractivity contribution in [2.45, 2.75) is 13.1 Å². The first-order valence-electron chi connectivity index (χ1n) is 30.2. The van der Waals surface area contributed by atoms with Crippen LogP contribution in [0.25, 0.3) is 21.8 Å². The number of aromatic carboxylic acids is 1. The normalized spacial score (nSPS) is 9.04. The number of ether oxygens (including phenoxy) is 3. The number of carboxylic acid groups (broad SMARTS) is 1. The zero-order valence-electron chi connectivity index (χ0n) is 62.0. The van der Waals surface area contributed by atoms with Crippen LogP contribution in [-0.4, -0.2) is 33.3 Å². The lowest BCUT2D eigenvalue weighted by Crippen LogP contribution is -2.12. The second-order valence-electron chi connectivity index (χ2n) is 17.8. The van der Waals surface area contributed by atoms with Gasteiger partial charge in [-0.2, -0.15) is 0 Å². The van der Waals surface area contributed by atoms with Gasteiger partial charge in [-0.05, 0) is 96.1 Å². The van der Waals surface area contributed by atoms with E-state index in [0.717, 1.165) is 16.6 Å². The third-order valence-corrected chi connectivity index (χ3v) is 171. The van der Waals surface area contributed by atoms with Gasteiger partial charge in [0.15, 0.2) is 22.9 Å². The van der Waals surface area contributed by atoms with Gasteiger partial charge in [0.05, 0.1) is 18.1 Å². The molecule has 0 bridgehead atoms. The molecule has 0 fully saturated rings. The number of hydrogen-bond donors (Lipinski definition) is 1. The highest BCUT2D eigenvalue weighted by molar-refractivity contribution is 8.84. The maximum atomic E-state index is 13.3. The average molecular weight is 3310 g/mol. The Bertz CT molecular complexity index is 9260. The van der Waals surface area contributed by atoms with Crippen LogP contribution in [0.5, 0.6) is 23.0 Å². The Morgan fingerprint density at radius 3 is 0.667 bits per heavy atom. The third-order valence-electron chi connectivity index (χ3n) is 11.0. The van der Waals surface area contributed by atoms with Crippen molar-refractivity contribution in [2.24, 2.45) is 0 Å². The van der Waals surface area contributed by atoms with E-state index in [9.17, 15) is 23.5 Å². The zero-order chi connectivity index (χ0) is 96.4. The van der Waals surface area contributed by atoms with Crippen molar-refractivity contribution >= 4 is 759 Å². The molecule has 754 valence electrons. The van der Waals surface area contributed by atoms with Crippen LogP contribution in [0.15, 0.2) is 146 Å². The molecule has 90 heteroatoms. The molecular formula is C45H32Cl2F2N2O6S78. The molecule has 6 aromatic carbocycles. The molecular weight excluding hydrogens is 3270 g/mol. The number of benzene rings is 6. The molecule has 0 radical (unpaired) electrons. The molecule has 0 amide bonds. The van der Waals surface area contributed by atoms with E-state index in [4.69, 9.17) is 82.2 Å². The van der Waals surface area contributed by atoms with Crippen LogP contribution in [0.4, 0.5) is 8.78 Å². The van der Waals surface area contributed by atoms with Gasteiger partial charge in [0.25, 0.3) is 0 Å². The number of carboxylic acids is 1. The first kappa shape index (κ1) is 136. The molecule has 2 aromatic heterocycles. The van der Waals surface area contributed by atoms with Gasteiger partial charge in [-0.3, -0.25) is 0 Å². The first-order chi connectivity index (χ1) is 66.4. The van der Waals surface area contributed by atoms with Crippen LogP contribution in [0.1, 0.15) is 32.1 Å². The summed E-state index contributed by atoms with van der Waals surface area (Å²) < 4.78 is 47.1. The van der Waals surface area contributed by atoms with Gasteiger partial charge in [0, 0.05) is 736 Å². The summed E-state index contributed by atoms with van der Waals surface area (Å²) in [5.41, 5.74) is 3.28. The second-order valence-corrected chi connectivity index (χ2v) is 150. The van der Waals surface area contributed by atoms with Crippen LogP contribution < -0.4 is 9.47 Å². The minimum atomic E-state index is -1.12. The quantitative estimate of drug-likeness (QED) is 0.134. The highest BCUT2D eigenvalue weighted by Gasteiger charge is 2.27. The number of rotatable bonds is 10. The SMILES string of the molecule is COC(=O)c1c(Oc2ccccc2)c2cc(Cl)ccc2n1Cc1ccc(F)cc1.O=C(O)c1c(Oc2ccccc2)c2cc(Cl)ccc2n1Cc1ccc(F)cc1.S=S=S=S=S=S=S=S=S=S=S=S=S=S=S=S=S=S=S.S=S=S=S=S=S=S=S=S=S=S=S=S=S=S=S=S=S=S=S=S=S=S=S=S=S=S=S=S=S=S=S=S=S=S=S=S=S=S=S=S=S=S=S=S=S=S=S=S=S=S=S=S=S=S=S=S=S=S. The van der Waals surface area contributed by atoms with Crippen LogP contribution >= 0.6 is 23.2 Å². The van der Waals surface area contributed by atoms with E-state index < -0.39 is 11.9 Å². The highest BCUT2D eigenvalue weighted by Crippen LogP contribution is 2.40. The molecule has 2 heterocycles. The summed E-state index contributed by atoms with van der Waals surface area (Å²) in [6.45, 7) is 0.583. The van der Waals surface area contributed by atoms with Crippen molar-refractivity contribution in [1.29, 1.82) is 0 Å². The lowest BCUT2D eigenvalue weighted by molar-refractivity contribution is 0.0585. The van der Waals surface area contributed by atoms with Crippen LogP contribution in [0.3, 0.4) is 0 Å². The van der Waals surface area contributed by atoms with E-state index in [1.54, 1.807) is 340 Å². The topological polar surface area (TPSA) is 91.9 Å². The van der Waals surface area contributed by atoms with Gasteiger partial charge in [0.1, 0.15) is 23.1 Å². The molecule has 1 N–H and O–H groups in total. The van der Waals surface area contributed by atoms with E-state index in [2.05, 4.69) is 0 Å². The molecule has 0 aliphatic rings. The maximum absolute atomic E-state index is 13.3. The number of carbonyl (C=O) groups excluding carboxylic acids is 1. The Balaban J connectivity index is 0.000000350. The Morgan fingerprint density at radius 1 is 0.281 bits per heavy atom. The number of carbonyl (C=O) groups is 2. The summed E-state index contributed by atoms with van der Waals surface area (Å²) in [6, 6.07) is 40.7. The smallest absolute Gasteiger partial charge is 0.358 e. The average Bonchev–Trinajstić information content (AvgIpc) is 1.61. The fourth-order valence-corrected chi connectivity index (χ4v) is 200. The number of halogens is 4. The summed E-state index contributed by atoms with van der Waals surface area (Å²) >= 11 is 31.5. The van der Waals surface area contributed by atoms with Crippen molar-refractivity contribution in [3.8, 4) is 23.0 Å². The summed E-state index contributed by atoms with van der Waals surface area (Å²) in [4.78, 5) is 24.9. The van der Waals surface area contributed by atoms with Gasteiger partial charge in [-0.25, -0.2) is 18.4 Å². The Hall–Kier alpha value is 10.5. The molecule has 8 aromatic rings. The number of nitrogens with zero attached hydrogens (tertiary/aromatic N) is 2. The largest absolute Gasteiger partial charge is 0.476 e. The van der Waals surface area contributed by atoms with Crippen LogP contribution in [0.2, 0.25) is 10.0 Å². The van der Waals surface area contributed by atoms with Gasteiger partial charge in [-0.15, -0.1) is 0 Å². The lowest BCUT2D eigenvalue weighted by Gasteiger charge is -2.11. The van der Waals surface area contributed by atoms with E-state index >= 15 is 0 Å². The van der Waals surface area contributed by atoms with Crippen molar-refractivity contribution in [3.63, 3.8) is 0 Å². The maximum Gasteiger partial charge on any atom is 0.358 e. The molecule has 0 atom stereocenters. The van der Waals surface area contributed by atoms with Gasteiger partial charge in [0.2, 0.25) is 0 Å².